The number of hydrogen-bond acceptors (Lipinski definition) is 3. The number of carbonyl (C=O) groups excluding carboxylic acids is 1. The normalized spacial score (nSPS) is 16.1. The Hall–Kier alpha value is -2.10. The lowest BCUT2D eigenvalue weighted by molar-refractivity contribution is -0.110. The Morgan fingerprint density at radius 1 is 1.39 bits per heavy atom. The van der Waals surface area contributed by atoms with E-state index in [1.54, 1.807) is 17.1 Å². The molecule has 4 nitrogen and oxygen atoms in total. The number of para-hydroxylation sites is 1. The summed E-state index contributed by atoms with van der Waals surface area (Å²) in [6, 6.07) is 11.1. The number of hydrogen-bond donors (Lipinski definition) is 0. The number of aryl methyl sites for hydroxylation is 1. The monoisotopic (exact) mass is 240 g/mol. The van der Waals surface area contributed by atoms with E-state index in [0.29, 0.717) is 0 Å². The maximum atomic E-state index is 11.4. The number of benzene rings is 1. The molecule has 2 heterocycles. The summed E-state index contributed by atoms with van der Waals surface area (Å²) in [6.07, 6.45) is 5.97. The second-order valence-electron chi connectivity index (χ2n) is 4.40. The van der Waals surface area contributed by atoms with Gasteiger partial charge in [0.1, 0.15) is 0 Å². The van der Waals surface area contributed by atoms with Crippen molar-refractivity contribution >= 4 is 12.0 Å². The molecule has 0 spiro atoms. The zero-order chi connectivity index (χ0) is 12.4. The average Bonchev–Trinajstić information content (AvgIpc) is 2.94. The smallest absolute Gasteiger partial charge is 0.179 e. The fourth-order valence-electron chi connectivity index (χ4n) is 2.50. The van der Waals surface area contributed by atoms with Crippen molar-refractivity contribution in [2.75, 3.05) is 11.4 Å². The SMILES string of the molecule is O=CC(N1CCCc2ccccc21)n1c[c]cn1. The third-order valence-electron chi connectivity index (χ3n) is 3.33. The van der Waals surface area contributed by atoms with Crippen LogP contribution >= 0.6 is 0 Å². The van der Waals surface area contributed by atoms with Crippen molar-refractivity contribution in [3.05, 3.63) is 48.3 Å². The third-order valence-corrected chi connectivity index (χ3v) is 3.33. The van der Waals surface area contributed by atoms with Gasteiger partial charge in [-0.05, 0) is 24.5 Å². The van der Waals surface area contributed by atoms with E-state index in [-0.39, 0.29) is 6.17 Å². The molecule has 0 bridgehead atoms. The minimum atomic E-state index is -0.377. The predicted molar refractivity (Wildman–Crippen MR) is 68.3 cm³/mol. The van der Waals surface area contributed by atoms with E-state index in [9.17, 15) is 4.79 Å². The summed E-state index contributed by atoms with van der Waals surface area (Å²) >= 11 is 0. The van der Waals surface area contributed by atoms with Crippen molar-refractivity contribution < 1.29 is 4.79 Å². The lowest BCUT2D eigenvalue weighted by Gasteiger charge is -2.35. The molecular weight excluding hydrogens is 226 g/mol. The van der Waals surface area contributed by atoms with Crippen molar-refractivity contribution in [2.45, 2.75) is 19.0 Å². The van der Waals surface area contributed by atoms with E-state index in [2.05, 4.69) is 28.2 Å². The number of carbonyl (C=O) groups is 1. The summed E-state index contributed by atoms with van der Waals surface area (Å²) < 4.78 is 1.65. The number of aldehydes is 1. The first kappa shape index (κ1) is 11.0. The second-order valence-corrected chi connectivity index (χ2v) is 4.40. The molecule has 4 heteroatoms. The van der Waals surface area contributed by atoms with Crippen LogP contribution < -0.4 is 4.90 Å². The van der Waals surface area contributed by atoms with Crippen molar-refractivity contribution in [1.29, 1.82) is 0 Å². The van der Waals surface area contributed by atoms with Gasteiger partial charge in [0, 0.05) is 24.5 Å². The lowest BCUT2D eigenvalue weighted by atomic mass is 10.0. The first-order valence-corrected chi connectivity index (χ1v) is 6.10. The summed E-state index contributed by atoms with van der Waals surface area (Å²) in [5.74, 6) is 0. The highest BCUT2D eigenvalue weighted by atomic mass is 16.1. The van der Waals surface area contributed by atoms with Crippen LogP contribution in [0.15, 0.2) is 36.7 Å². The Kier molecular flexibility index (Phi) is 2.84. The van der Waals surface area contributed by atoms with Gasteiger partial charge in [-0.15, -0.1) is 0 Å². The first-order chi connectivity index (χ1) is 8.90. The quantitative estimate of drug-likeness (QED) is 0.768. The lowest BCUT2D eigenvalue weighted by Crippen LogP contribution is -2.37. The maximum absolute atomic E-state index is 11.4. The van der Waals surface area contributed by atoms with Crippen LogP contribution in [0.4, 0.5) is 5.69 Å². The van der Waals surface area contributed by atoms with Crippen LogP contribution in [0.25, 0.3) is 0 Å². The van der Waals surface area contributed by atoms with Gasteiger partial charge in [0.15, 0.2) is 12.5 Å². The molecule has 0 aliphatic carbocycles. The van der Waals surface area contributed by atoms with Crippen LogP contribution in [-0.2, 0) is 11.2 Å². The summed E-state index contributed by atoms with van der Waals surface area (Å²) in [7, 11) is 0. The van der Waals surface area contributed by atoms with E-state index in [4.69, 9.17) is 0 Å². The van der Waals surface area contributed by atoms with Crippen molar-refractivity contribution in [1.82, 2.24) is 9.78 Å². The molecule has 0 saturated heterocycles. The standard InChI is InChI=1S/C14H14N3O/c18-11-14(17-10-4-8-15-17)16-9-3-6-12-5-1-2-7-13(12)16/h1-2,5,7-8,10-11,14H,3,6,9H2. The Labute approximate surface area is 106 Å². The minimum Gasteiger partial charge on any atom is -0.344 e. The number of aromatic nitrogens is 2. The van der Waals surface area contributed by atoms with Crippen LogP contribution in [0.2, 0.25) is 0 Å². The predicted octanol–water partition coefficient (Wildman–Crippen LogP) is 1.83. The molecule has 0 amide bonds. The number of anilines is 1. The van der Waals surface area contributed by atoms with Gasteiger partial charge in [0.05, 0.1) is 6.20 Å². The summed E-state index contributed by atoms with van der Waals surface area (Å²) in [6.45, 7) is 0.875. The molecular formula is C14H14N3O. The Morgan fingerprint density at radius 2 is 2.28 bits per heavy atom. The molecule has 0 saturated carbocycles. The Bertz CT molecular complexity index is 536. The van der Waals surface area contributed by atoms with Crippen LogP contribution in [0.1, 0.15) is 18.2 Å². The molecule has 3 rings (SSSR count). The maximum Gasteiger partial charge on any atom is 0.179 e. The molecule has 1 aliphatic rings. The third kappa shape index (κ3) is 1.79. The average molecular weight is 240 g/mol. The molecule has 0 N–H and O–H groups in total. The van der Waals surface area contributed by atoms with Crippen LogP contribution in [0.5, 0.6) is 0 Å². The molecule has 1 aliphatic heterocycles. The number of nitrogens with zero attached hydrogens (tertiary/aromatic N) is 3. The van der Waals surface area contributed by atoms with Crippen LogP contribution in [0, 0.1) is 6.07 Å². The summed E-state index contributed by atoms with van der Waals surface area (Å²) in [5, 5.41) is 4.12. The Balaban J connectivity index is 2.00. The fourth-order valence-corrected chi connectivity index (χ4v) is 2.50. The number of fused-ring (bicyclic) bond motifs is 1. The van der Waals surface area contributed by atoms with Crippen LogP contribution in [0.3, 0.4) is 0 Å². The van der Waals surface area contributed by atoms with Crippen molar-refractivity contribution in [3.8, 4) is 0 Å². The minimum absolute atomic E-state index is 0.377. The Morgan fingerprint density at radius 3 is 3.06 bits per heavy atom. The largest absolute Gasteiger partial charge is 0.344 e. The highest BCUT2D eigenvalue weighted by Gasteiger charge is 2.24. The topological polar surface area (TPSA) is 38.1 Å². The van der Waals surface area contributed by atoms with E-state index in [1.165, 1.54) is 5.56 Å². The summed E-state index contributed by atoms with van der Waals surface area (Å²) in [5.41, 5.74) is 2.43. The van der Waals surface area contributed by atoms with Crippen LogP contribution in [-0.4, -0.2) is 22.6 Å². The number of rotatable bonds is 3. The second kappa shape index (κ2) is 4.64. The molecule has 1 radical (unpaired) electrons. The van der Waals surface area contributed by atoms with E-state index >= 15 is 0 Å². The van der Waals surface area contributed by atoms with Gasteiger partial charge in [0.25, 0.3) is 0 Å². The van der Waals surface area contributed by atoms with Gasteiger partial charge in [-0.25, -0.2) is 4.68 Å². The molecule has 0 fully saturated rings. The van der Waals surface area contributed by atoms with Crippen molar-refractivity contribution in [3.63, 3.8) is 0 Å². The molecule has 18 heavy (non-hydrogen) atoms. The zero-order valence-corrected chi connectivity index (χ0v) is 9.99. The molecule has 1 aromatic carbocycles. The van der Waals surface area contributed by atoms with Gasteiger partial charge in [-0.2, -0.15) is 5.10 Å². The van der Waals surface area contributed by atoms with E-state index in [1.807, 2.05) is 12.1 Å². The van der Waals surface area contributed by atoms with Crippen molar-refractivity contribution in [2.24, 2.45) is 0 Å². The first-order valence-electron chi connectivity index (χ1n) is 6.10. The molecule has 1 unspecified atom stereocenters. The summed E-state index contributed by atoms with van der Waals surface area (Å²) in [4.78, 5) is 13.5. The van der Waals surface area contributed by atoms with E-state index in [0.717, 1.165) is 31.4 Å². The molecule has 2 aromatic rings. The van der Waals surface area contributed by atoms with Gasteiger partial charge in [0.2, 0.25) is 0 Å². The molecule has 1 atom stereocenters. The van der Waals surface area contributed by atoms with Gasteiger partial charge >= 0.3 is 0 Å². The zero-order valence-electron chi connectivity index (χ0n) is 9.99. The molecule has 91 valence electrons. The highest BCUT2D eigenvalue weighted by Crippen LogP contribution is 2.30. The van der Waals surface area contributed by atoms with Gasteiger partial charge in [-0.3, -0.25) is 4.79 Å². The van der Waals surface area contributed by atoms with Gasteiger partial charge in [-0.1, -0.05) is 18.2 Å². The fraction of sp³-hybridized carbons (Fsp3) is 0.286. The molecule has 1 aromatic heterocycles. The van der Waals surface area contributed by atoms with Gasteiger partial charge < -0.3 is 4.90 Å². The highest BCUT2D eigenvalue weighted by molar-refractivity contribution is 5.66. The van der Waals surface area contributed by atoms with E-state index < -0.39 is 0 Å².